The number of benzene rings is 2. The van der Waals surface area contributed by atoms with Gasteiger partial charge in [0.1, 0.15) is 5.75 Å². The van der Waals surface area contributed by atoms with Crippen LogP contribution in [0.5, 0.6) is 5.75 Å². The van der Waals surface area contributed by atoms with E-state index in [2.05, 4.69) is 5.32 Å². The van der Waals surface area contributed by atoms with Gasteiger partial charge in [-0.15, -0.1) is 0 Å². The lowest BCUT2D eigenvalue weighted by atomic mass is 9.96. The molecule has 0 radical (unpaired) electrons. The maximum atomic E-state index is 12.9. The predicted molar refractivity (Wildman–Crippen MR) is 129 cm³/mol. The van der Waals surface area contributed by atoms with Crippen LogP contribution in [-0.4, -0.2) is 60.8 Å². The molecule has 176 valence electrons. The molecular weight excluding hydrogens is 465 g/mol. The third-order valence-corrected chi connectivity index (χ3v) is 6.07. The fourth-order valence-electron chi connectivity index (χ4n) is 3.74. The molecule has 0 aromatic heterocycles. The summed E-state index contributed by atoms with van der Waals surface area (Å²) in [6.07, 6.45) is 1.65. The van der Waals surface area contributed by atoms with E-state index in [4.69, 9.17) is 27.9 Å². The van der Waals surface area contributed by atoms with Crippen molar-refractivity contribution in [2.75, 3.05) is 38.6 Å². The molecule has 7 nitrogen and oxygen atoms in total. The summed E-state index contributed by atoms with van der Waals surface area (Å²) < 4.78 is 5.60. The molecule has 2 aromatic carbocycles. The van der Waals surface area contributed by atoms with Gasteiger partial charge in [-0.2, -0.15) is 0 Å². The number of hydrogen-bond donors (Lipinski definition) is 1. The molecule has 0 saturated carbocycles. The van der Waals surface area contributed by atoms with Crippen LogP contribution in [0.3, 0.4) is 0 Å². The molecule has 1 aliphatic heterocycles. The lowest BCUT2D eigenvalue weighted by Gasteiger charge is -2.34. The number of ether oxygens (including phenoxy) is 1. The maximum Gasteiger partial charge on any atom is 0.244 e. The molecule has 1 saturated heterocycles. The Bertz CT molecular complexity index is 967. The minimum absolute atomic E-state index is 0.0443. The Labute approximate surface area is 203 Å². The standard InChI is InChI=1S/C24H27Cl2N3O4/c1-28(16-21(30)27-23-19(25)10-5-11-20(23)26)24(32)17-7-6-13-29(15-17)22(31)12-14-33-18-8-3-2-4-9-18/h2-5,8-11,17H,6-7,12-16H2,1H3,(H,27,30). The van der Waals surface area contributed by atoms with Gasteiger partial charge < -0.3 is 19.9 Å². The van der Waals surface area contributed by atoms with Crippen molar-refractivity contribution in [2.24, 2.45) is 5.92 Å². The van der Waals surface area contributed by atoms with Crippen LogP contribution in [0, 0.1) is 5.92 Å². The number of nitrogens with zero attached hydrogens (tertiary/aromatic N) is 2. The second-order valence-electron chi connectivity index (χ2n) is 7.93. The first-order chi connectivity index (χ1) is 15.8. The number of likely N-dealkylation sites (tertiary alicyclic amines) is 1. The SMILES string of the molecule is CN(CC(=O)Nc1c(Cl)cccc1Cl)C(=O)C1CCCN(C(=O)CCOc2ccccc2)C1. The smallest absolute Gasteiger partial charge is 0.244 e. The first-order valence-corrected chi connectivity index (χ1v) is 11.5. The Balaban J connectivity index is 1.47. The fourth-order valence-corrected chi connectivity index (χ4v) is 4.23. The number of para-hydroxylation sites is 2. The van der Waals surface area contributed by atoms with Crippen LogP contribution in [0.1, 0.15) is 19.3 Å². The van der Waals surface area contributed by atoms with Crippen LogP contribution >= 0.6 is 23.2 Å². The summed E-state index contributed by atoms with van der Waals surface area (Å²) in [6, 6.07) is 14.2. The number of amides is 3. The van der Waals surface area contributed by atoms with Crippen LogP contribution < -0.4 is 10.1 Å². The minimum atomic E-state index is -0.400. The third-order valence-electron chi connectivity index (χ3n) is 5.44. The van der Waals surface area contributed by atoms with Crippen molar-refractivity contribution in [1.82, 2.24) is 9.80 Å². The van der Waals surface area contributed by atoms with Gasteiger partial charge in [0.15, 0.2) is 0 Å². The van der Waals surface area contributed by atoms with Crippen LogP contribution in [0.15, 0.2) is 48.5 Å². The summed E-state index contributed by atoms with van der Waals surface area (Å²) in [5, 5.41) is 3.30. The molecule has 2 aromatic rings. The molecule has 9 heteroatoms. The molecule has 1 fully saturated rings. The van der Waals surface area contributed by atoms with Gasteiger partial charge in [-0.25, -0.2) is 0 Å². The zero-order chi connectivity index (χ0) is 23.8. The summed E-state index contributed by atoms with van der Waals surface area (Å²) >= 11 is 12.2. The van der Waals surface area contributed by atoms with Crippen molar-refractivity contribution in [3.05, 3.63) is 58.6 Å². The Kier molecular flexibility index (Phi) is 8.97. The van der Waals surface area contributed by atoms with Gasteiger partial charge in [0, 0.05) is 20.1 Å². The molecule has 0 aliphatic carbocycles. The molecule has 1 unspecified atom stereocenters. The Morgan fingerprint density at radius 2 is 1.79 bits per heavy atom. The number of rotatable bonds is 8. The van der Waals surface area contributed by atoms with Crippen LogP contribution in [-0.2, 0) is 14.4 Å². The van der Waals surface area contributed by atoms with E-state index >= 15 is 0 Å². The number of hydrogen-bond acceptors (Lipinski definition) is 4. The van der Waals surface area contributed by atoms with Gasteiger partial charge in [0.2, 0.25) is 17.7 Å². The summed E-state index contributed by atoms with van der Waals surface area (Å²) in [6.45, 7) is 1.09. The Hall–Kier alpha value is -2.77. The average molecular weight is 492 g/mol. The van der Waals surface area contributed by atoms with Crippen molar-refractivity contribution in [1.29, 1.82) is 0 Å². The number of carbonyl (C=O) groups is 3. The fraction of sp³-hybridized carbons (Fsp3) is 0.375. The molecule has 3 rings (SSSR count). The van der Waals surface area contributed by atoms with Crippen LogP contribution in [0.25, 0.3) is 0 Å². The highest BCUT2D eigenvalue weighted by atomic mass is 35.5. The number of anilines is 1. The number of carbonyl (C=O) groups excluding carboxylic acids is 3. The topological polar surface area (TPSA) is 79.0 Å². The second kappa shape index (κ2) is 11.9. The highest BCUT2D eigenvalue weighted by Gasteiger charge is 2.30. The molecule has 0 spiro atoms. The van der Waals surface area contributed by atoms with Crippen molar-refractivity contribution in [3.63, 3.8) is 0 Å². The van der Waals surface area contributed by atoms with E-state index in [0.717, 1.165) is 12.2 Å². The first-order valence-electron chi connectivity index (χ1n) is 10.8. The number of halogens is 2. The van der Waals surface area contributed by atoms with E-state index in [1.54, 1.807) is 30.1 Å². The molecular formula is C24H27Cl2N3O4. The monoisotopic (exact) mass is 491 g/mol. The second-order valence-corrected chi connectivity index (χ2v) is 8.74. The van der Waals surface area contributed by atoms with Gasteiger partial charge in [0.05, 0.1) is 41.2 Å². The Morgan fingerprint density at radius 1 is 1.09 bits per heavy atom. The van der Waals surface area contributed by atoms with Gasteiger partial charge in [0.25, 0.3) is 0 Å². The first kappa shape index (κ1) is 24.9. The molecule has 1 aliphatic rings. The molecule has 0 bridgehead atoms. The minimum Gasteiger partial charge on any atom is -0.493 e. The zero-order valence-electron chi connectivity index (χ0n) is 18.4. The van der Waals surface area contributed by atoms with Gasteiger partial charge in [-0.05, 0) is 37.1 Å². The van der Waals surface area contributed by atoms with E-state index in [-0.39, 0.29) is 37.3 Å². The van der Waals surface area contributed by atoms with E-state index < -0.39 is 5.91 Å². The van der Waals surface area contributed by atoms with Crippen molar-refractivity contribution in [3.8, 4) is 5.75 Å². The summed E-state index contributed by atoms with van der Waals surface area (Å²) in [5.41, 5.74) is 0.318. The van der Waals surface area contributed by atoms with E-state index in [9.17, 15) is 14.4 Å². The number of nitrogens with one attached hydrogen (secondary N) is 1. The van der Waals surface area contributed by atoms with Crippen molar-refractivity contribution in [2.45, 2.75) is 19.3 Å². The number of likely N-dealkylation sites (N-methyl/N-ethyl adjacent to an activating group) is 1. The summed E-state index contributed by atoms with van der Waals surface area (Å²) in [7, 11) is 1.57. The van der Waals surface area contributed by atoms with Crippen LogP contribution in [0.4, 0.5) is 5.69 Å². The molecule has 1 atom stereocenters. The normalized spacial score (nSPS) is 15.6. The molecule has 3 amide bonds. The van der Waals surface area contributed by atoms with Gasteiger partial charge >= 0.3 is 0 Å². The predicted octanol–water partition coefficient (Wildman–Crippen LogP) is 4.10. The average Bonchev–Trinajstić information content (AvgIpc) is 2.81. The maximum absolute atomic E-state index is 12.9. The summed E-state index contributed by atoms with van der Waals surface area (Å²) in [5.74, 6) is -0.247. The lowest BCUT2D eigenvalue weighted by Crippen LogP contribution is -2.47. The molecule has 1 heterocycles. The van der Waals surface area contributed by atoms with Gasteiger partial charge in [-0.1, -0.05) is 47.5 Å². The Morgan fingerprint density at radius 3 is 2.48 bits per heavy atom. The highest BCUT2D eigenvalue weighted by Crippen LogP contribution is 2.29. The largest absolute Gasteiger partial charge is 0.493 e. The van der Waals surface area contributed by atoms with Crippen molar-refractivity contribution >= 4 is 46.6 Å². The van der Waals surface area contributed by atoms with Crippen LogP contribution in [0.2, 0.25) is 10.0 Å². The van der Waals surface area contributed by atoms with E-state index in [1.165, 1.54) is 4.90 Å². The zero-order valence-corrected chi connectivity index (χ0v) is 19.9. The summed E-state index contributed by atoms with van der Waals surface area (Å²) in [4.78, 5) is 41.0. The number of piperidine rings is 1. The highest BCUT2D eigenvalue weighted by molar-refractivity contribution is 6.39. The quantitative estimate of drug-likeness (QED) is 0.602. The van der Waals surface area contributed by atoms with E-state index in [0.29, 0.717) is 35.2 Å². The molecule has 1 N–H and O–H groups in total. The third kappa shape index (κ3) is 7.11. The van der Waals surface area contributed by atoms with Gasteiger partial charge in [-0.3, -0.25) is 14.4 Å². The van der Waals surface area contributed by atoms with E-state index in [1.807, 2.05) is 30.3 Å². The van der Waals surface area contributed by atoms with Crippen molar-refractivity contribution < 1.29 is 19.1 Å². The molecule has 33 heavy (non-hydrogen) atoms. The lowest BCUT2D eigenvalue weighted by molar-refractivity contribution is -0.141.